The second-order valence-electron chi connectivity index (χ2n) is 15.9. The van der Waals surface area contributed by atoms with Gasteiger partial charge in [-0.2, -0.15) is 0 Å². The topological polar surface area (TPSA) is 6.48 Å². The van der Waals surface area contributed by atoms with Crippen LogP contribution in [0.5, 0.6) is 0 Å². The van der Waals surface area contributed by atoms with Crippen molar-refractivity contribution in [2.45, 2.75) is 245 Å². The second kappa shape index (κ2) is 33.7. The average Bonchev–Trinajstić information content (AvgIpc) is 3.53. The van der Waals surface area contributed by atoms with Crippen LogP contribution in [0, 0.1) is 0 Å². The standard InChI is InChI=1S/C47H86N2/c1-3-5-7-9-11-13-15-17-19-21-23-25-27-29-31-33-38-42-47-48(44-45-49(47)46-40-36-35-37-41-46)43-39-34-32-30-28-26-24-22-20-18-16-14-12-10-8-6-4-2/h35-37,40-41,44-45,47H,3-34,38-39,42-43H2,1-2H3. The van der Waals surface area contributed by atoms with Crippen LogP contribution in [0.2, 0.25) is 0 Å². The Kier molecular flexibility index (Phi) is 30.1. The number of nitrogens with zero attached hydrogens (tertiary/aromatic N) is 2. The maximum absolute atomic E-state index is 2.66. The van der Waals surface area contributed by atoms with E-state index in [0.29, 0.717) is 6.17 Å². The van der Waals surface area contributed by atoms with Crippen molar-refractivity contribution in [1.82, 2.24) is 4.90 Å². The summed E-state index contributed by atoms with van der Waals surface area (Å²) in [7, 11) is 0. The molecule has 1 aromatic rings. The Labute approximate surface area is 308 Å². The van der Waals surface area contributed by atoms with Crippen molar-refractivity contribution in [2.75, 3.05) is 11.4 Å². The molecule has 0 radical (unpaired) electrons. The lowest BCUT2D eigenvalue weighted by Crippen LogP contribution is -2.39. The van der Waals surface area contributed by atoms with Crippen molar-refractivity contribution in [3.63, 3.8) is 0 Å². The molecular formula is C47H86N2. The molecule has 0 saturated carbocycles. The van der Waals surface area contributed by atoms with Crippen molar-refractivity contribution in [3.8, 4) is 0 Å². The summed E-state index contributed by atoms with van der Waals surface area (Å²) in [6, 6.07) is 11.1. The molecule has 1 aromatic carbocycles. The predicted molar refractivity (Wildman–Crippen MR) is 221 cm³/mol. The average molecular weight is 679 g/mol. The Morgan fingerprint density at radius 2 is 0.694 bits per heavy atom. The zero-order chi connectivity index (χ0) is 34.7. The van der Waals surface area contributed by atoms with Gasteiger partial charge in [0.15, 0.2) is 0 Å². The number of para-hydroxylation sites is 1. The Bertz CT molecular complexity index is 819. The van der Waals surface area contributed by atoms with E-state index in [2.05, 4.69) is 66.4 Å². The molecule has 0 amide bonds. The molecule has 1 aliphatic heterocycles. The number of benzene rings is 1. The predicted octanol–water partition coefficient (Wildman–Crippen LogP) is 16.3. The van der Waals surface area contributed by atoms with E-state index >= 15 is 0 Å². The van der Waals surface area contributed by atoms with Crippen molar-refractivity contribution in [3.05, 3.63) is 42.7 Å². The molecule has 0 aromatic heterocycles. The van der Waals surface area contributed by atoms with Crippen molar-refractivity contribution in [1.29, 1.82) is 0 Å². The van der Waals surface area contributed by atoms with Crippen LogP contribution in [-0.4, -0.2) is 17.6 Å². The normalized spacial score (nSPS) is 14.4. The fourth-order valence-corrected chi connectivity index (χ4v) is 7.97. The number of hydrogen-bond acceptors (Lipinski definition) is 2. The van der Waals surface area contributed by atoms with Crippen LogP contribution in [0.4, 0.5) is 5.69 Å². The lowest BCUT2D eigenvalue weighted by Gasteiger charge is -2.33. The zero-order valence-electron chi connectivity index (χ0n) is 33.5. The van der Waals surface area contributed by atoms with Gasteiger partial charge in [-0.25, -0.2) is 0 Å². The molecule has 0 N–H and O–H groups in total. The van der Waals surface area contributed by atoms with Gasteiger partial charge < -0.3 is 9.80 Å². The van der Waals surface area contributed by atoms with Gasteiger partial charge >= 0.3 is 0 Å². The summed E-state index contributed by atoms with van der Waals surface area (Å²) >= 11 is 0. The first-order chi connectivity index (χ1) is 24.4. The van der Waals surface area contributed by atoms with Gasteiger partial charge in [0.1, 0.15) is 6.17 Å². The minimum Gasteiger partial charge on any atom is -0.356 e. The maximum Gasteiger partial charge on any atom is 0.105 e. The van der Waals surface area contributed by atoms with E-state index < -0.39 is 0 Å². The van der Waals surface area contributed by atoms with E-state index in [9.17, 15) is 0 Å². The van der Waals surface area contributed by atoms with Gasteiger partial charge in [-0.05, 0) is 31.4 Å². The summed E-state index contributed by atoms with van der Waals surface area (Å²) in [5.41, 5.74) is 1.35. The molecule has 49 heavy (non-hydrogen) atoms. The molecule has 1 unspecified atom stereocenters. The van der Waals surface area contributed by atoms with Crippen molar-refractivity contribution in [2.24, 2.45) is 0 Å². The van der Waals surface area contributed by atoms with Crippen LogP contribution in [0.1, 0.15) is 239 Å². The third-order valence-corrected chi connectivity index (χ3v) is 11.3. The first kappa shape index (κ1) is 43.7. The molecule has 1 atom stereocenters. The molecule has 1 heterocycles. The summed E-state index contributed by atoms with van der Waals surface area (Å²) in [5, 5.41) is 0. The summed E-state index contributed by atoms with van der Waals surface area (Å²) in [5.74, 6) is 0. The van der Waals surface area contributed by atoms with E-state index in [4.69, 9.17) is 0 Å². The SMILES string of the molecule is CCCCCCCCCCCCCCCCCCCC1N(CCCCCCCCCCCCCCCCCCC)C=CN1c1ccccc1. The van der Waals surface area contributed by atoms with Gasteiger partial charge in [0, 0.05) is 24.6 Å². The van der Waals surface area contributed by atoms with E-state index in [1.807, 2.05) is 0 Å². The van der Waals surface area contributed by atoms with Gasteiger partial charge in [-0.15, -0.1) is 0 Å². The van der Waals surface area contributed by atoms with E-state index in [0.717, 1.165) is 0 Å². The van der Waals surface area contributed by atoms with Crippen LogP contribution >= 0.6 is 0 Å². The quantitative estimate of drug-likeness (QED) is 0.0646. The van der Waals surface area contributed by atoms with Crippen LogP contribution in [0.25, 0.3) is 0 Å². The van der Waals surface area contributed by atoms with E-state index in [1.165, 1.54) is 237 Å². The second-order valence-corrected chi connectivity index (χ2v) is 15.9. The molecule has 2 nitrogen and oxygen atoms in total. The zero-order valence-corrected chi connectivity index (χ0v) is 33.5. The highest BCUT2D eigenvalue weighted by atomic mass is 15.4. The molecule has 1 aliphatic rings. The highest BCUT2D eigenvalue weighted by Crippen LogP contribution is 2.28. The van der Waals surface area contributed by atoms with Gasteiger partial charge in [-0.1, -0.05) is 238 Å². The molecule has 284 valence electrons. The molecule has 2 rings (SSSR count). The minimum atomic E-state index is 0.500. The smallest absolute Gasteiger partial charge is 0.105 e. The molecular weight excluding hydrogens is 593 g/mol. The van der Waals surface area contributed by atoms with Crippen molar-refractivity contribution < 1.29 is 0 Å². The van der Waals surface area contributed by atoms with Gasteiger partial charge in [-0.3, -0.25) is 0 Å². The monoisotopic (exact) mass is 679 g/mol. The lowest BCUT2D eigenvalue weighted by atomic mass is 10.0. The Balaban J connectivity index is 1.46. The Morgan fingerprint density at radius 3 is 1.06 bits per heavy atom. The van der Waals surface area contributed by atoms with Gasteiger partial charge in [0.25, 0.3) is 0 Å². The Hall–Kier alpha value is -1.44. The number of anilines is 1. The molecule has 0 bridgehead atoms. The third kappa shape index (κ3) is 24.4. The fourth-order valence-electron chi connectivity index (χ4n) is 7.97. The molecule has 2 heteroatoms. The van der Waals surface area contributed by atoms with E-state index in [1.54, 1.807) is 0 Å². The first-order valence-electron chi connectivity index (χ1n) is 22.6. The van der Waals surface area contributed by atoms with Crippen LogP contribution in [-0.2, 0) is 0 Å². The summed E-state index contributed by atoms with van der Waals surface area (Å²) < 4.78 is 0. The third-order valence-electron chi connectivity index (χ3n) is 11.3. The van der Waals surface area contributed by atoms with Crippen LogP contribution in [0.3, 0.4) is 0 Å². The molecule has 0 aliphatic carbocycles. The number of hydrogen-bond donors (Lipinski definition) is 0. The highest BCUT2D eigenvalue weighted by Gasteiger charge is 2.26. The minimum absolute atomic E-state index is 0.500. The number of rotatable bonds is 37. The Morgan fingerprint density at radius 1 is 0.367 bits per heavy atom. The summed E-state index contributed by atoms with van der Waals surface area (Å²) in [6.07, 6.45) is 55.5. The van der Waals surface area contributed by atoms with Gasteiger partial charge in [0.2, 0.25) is 0 Å². The molecule has 0 fully saturated rings. The fraction of sp³-hybridized carbons (Fsp3) is 0.830. The number of unbranched alkanes of at least 4 members (excludes halogenated alkanes) is 32. The molecule has 0 saturated heterocycles. The highest BCUT2D eigenvalue weighted by molar-refractivity contribution is 5.51. The van der Waals surface area contributed by atoms with Crippen LogP contribution in [0.15, 0.2) is 42.7 Å². The summed E-state index contributed by atoms with van der Waals surface area (Å²) in [4.78, 5) is 5.20. The summed E-state index contributed by atoms with van der Waals surface area (Å²) in [6.45, 7) is 5.83. The van der Waals surface area contributed by atoms with Crippen LogP contribution < -0.4 is 4.90 Å². The largest absolute Gasteiger partial charge is 0.356 e. The van der Waals surface area contributed by atoms with Gasteiger partial charge in [0.05, 0.1) is 0 Å². The van der Waals surface area contributed by atoms with E-state index in [-0.39, 0.29) is 0 Å². The molecule has 0 spiro atoms. The van der Waals surface area contributed by atoms with Crippen molar-refractivity contribution >= 4 is 5.69 Å². The lowest BCUT2D eigenvalue weighted by molar-refractivity contribution is 0.273. The maximum atomic E-state index is 2.66. The first-order valence-corrected chi connectivity index (χ1v) is 22.6.